The maximum absolute atomic E-state index is 11.2. The van der Waals surface area contributed by atoms with Gasteiger partial charge in [-0.05, 0) is 11.1 Å². The van der Waals surface area contributed by atoms with Gasteiger partial charge >= 0.3 is 0 Å². The molecular formula is C14H17N3O. The maximum Gasteiger partial charge on any atom is 0.219 e. The Kier molecular flexibility index (Phi) is 4.12. The standard InChI is InChI=1S/C14H17N3O/c1-2-14(18)16-9-12-4-3-5-13(8-12)10-17-7-6-15-11-17/h3-8,11H,2,9-10H2,1H3,(H,16,18). The number of imidazole rings is 1. The van der Waals surface area contributed by atoms with E-state index in [9.17, 15) is 4.79 Å². The molecule has 2 aromatic rings. The quantitative estimate of drug-likeness (QED) is 0.872. The largest absolute Gasteiger partial charge is 0.352 e. The minimum absolute atomic E-state index is 0.0787. The summed E-state index contributed by atoms with van der Waals surface area (Å²) in [6.45, 7) is 3.24. The first-order chi connectivity index (χ1) is 8.78. The van der Waals surface area contributed by atoms with Crippen molar-refractivity contribution in [3.8, 4) is 0 Å². The SMILES string of the molecule is CCC(=O)NCc1cccc(Cn2ccnc2)c1. The van der Waals surface area contributed by atoms with E-state index in [1.165, 1.54) is 5.56 Å². The van der Waals surface area contributed by atoms with Crippen LogP contribution >= 0.6 is 0 Å². The molecule has 0 saturated carbocycles. The maximum atomic E-state index is 11.2. The zero-order chi connectivity index (χ0) is 12.8. The fourth-order valence-electron chi connectivity index (χ4n) is 1.75. The van der Waals surface area contributed by atoms with E-state index >= 15 is 0 Å². The van der Waals surface area contributed by atoms with Crippen molar-refractivity contribution in [3.05, 3.63) is 54.1 Å². The van der Waals surface area contributed by atoms with E-state index in [0.717, 1.165) is 12.1 Å². The summed E-state index contributed by atoms with van der Waals surface area (Å²) >= 11 is 0. The molecule has 0 fully saturated rings. The Morgan fingerprint density at radius 3 is 2.94 bits per heavy atom. The van der Waals surface area contributed by atoms with Crippen LogP contribution < -0.4 is 5.32 Å². The predicted molar refractivity (Wildman–Crippen MR) is 69.9 cm³/mol. The molecule has 0 unspecified atom stereocenters. The van der Waals surface area contributed by atoms with Crippen molar-refractivity contribution in [2.45, 2.75) is 26.4 Å². The molecule has 4 heteroatoms. The van der Waals surface area contributed by atoms with Gasteiger partial charge in [0.2, 0.25) is 5.91 Å². The van der Waals surface area contributed by atoms with Gasteiger partial charge in [0.1, 0.15) is 0 Å². The Balaban J connectivity index is 1.99. The number of nitrogens with one attached hydrogen (secondary N) is 1. The van der Waals surface area contributed by atoms with Gasteiger partial charge in [0.15, 0.2) is 0 Å². The van der Waals surface area contributed by atoms with E-state index in [2.05, 4.69) is 22.4 Å². The summed E-state index contributed by atoms with van der Waals surface area (Å²) < 4.78 is 2.02. The summed E-state index contributed by atoms with van der Waals surface area (Å²) in [6, 6.07) is 8.22. The van der Waals surface area contributed by atoms with Gasteiger partial charge in [0.25, 0.3) is 0 Å². The van der Waals surface area contributed by atoms with Gasteiger partial charge in [-0.1, -0.05) is 31.2 Å². The lowest BCUT2D eigenvalue weighted by Gasteiger charge is -2.07. The highest BCUT2D eigenvalue weighted by molar-refractivity contribution is 5.75. The van der Waals surface area contributed by atoms with Crippen LogP contribution in [0.4, 0.5) is 0 Å². The lowest BCUT2D eigenvalue weighted by atomic mass is 10.1. The van der Waals surface area contributed by atoms with Crippen LogP contribution in [0.3, 0.4) is 0 Å². The Bertz CT molecular complexity index is 506. The highest BCUT2D eigenvalue weighted by Gasteiger charge is 2.00. The van der Waals surface area contributed by atoms with Crippen molar-refractivity contribution in [3.63, 3.8) is 0 Å². The molecular weight excluding hydrogens is 226 g/mol. The lowest BCUT2D eigenvalue weighted by Crippen LogP contribution is -2.21. The first-order valence-electron chi connectivity index (χ1n) is 6.08. The summed E-state index contributed by atoms with van der Waals surface area (Å²) in [6.07, 6.45) is 6.02. The summed E-state index contributed by atoms with van der Waals surface area (Å²) in [5, 5.41) is 2.88. The van der Waals surface area contributed by atoms with Crippen molar-refractivity contribution in [1.82, 2.24) is 14.9 Å². The first kappa shape index (κ1) is 12.4. The average molecular weight is 243 g/mol. The number of carbonyl (C=O) groups is 1. The van der Waals surface area contributed by atoms with Crippen molar-refractivity contribution >= 4 is 5.91 Å². The Morgan fingerprint density at radius 1 is 1.39 bits per heavy atom. The van der Waals surface area contributed by atoms with Crippen LogP contribution in [-0.2, 0) is 17.9 Å². The molecule has 0 spiro atoms. The normalized spacial score (nSPS) is 10.3. The fraction of sp³-hybridized carbons (Fsp3) is 0.286. The van der Waals surface area contributed by atoms with Crippen LogP contribution in [0.25, 0.3) is 0 Å². The second-order valence-electron chi connectivity index (χ2n) is 4.19. The van der Waals surface area contributed by atoms with Gasteiger partial charge in [-0.15, -0.1) is 0 Å². The number of nitrogens with zero attached hydrogens (tertiary/aromatic N) is 2. The van der Waals surface area contributed by atoms with Gasteiger partial charge in [-0.25, -0.2) is 4.98 Å². The van der Waals surface area contributed by atoms with E-state index < -0.39 is 0 Å². The number of benzene rings is 1. The van der Waals surface area contributed by atoms with E-state index in [4.69, 9.17) is 0 Å². The molecule has 0 radical (unpaired) electrons. The Morgan fingerprint density at radius 2 is 2.22 bits per heavy atom. The number of carbonyl (C=O) groups excluding carboxylic acids is 1. The number of hydrogen-bond donors (Lipinski definition) is 1. The van der Waals surface area contributed by atoms with Crippen molar-refractivity contribution < 1.29 is 4.79 Å². The molecule has 18 heavy (non-hydrogen) atoms. The molecule has 0 aliphatic heterocycles. The van der Waals surface area contributed by atoms with Gasteiger partial charge in [0.05, 0.1) is 6.33 Å². The molecule has 0 aliphatic rings. The van der Waals surface area contributed by atoms with Crippen LogP contribution in [0.1, 0.15) is 24.5 Å². The Hall–Kier alpha value is -2.10. The van der Waals surface area contributed by atoms with Crippen LogP contribution in [0, 0.1) is 0 Å². The molecule has 0 atom stereocenters. The van der Waals surface area contributed by atoms with E-state index in [-0.39, 0.29) is 5.91 Å². The molecule has 1 N–H and O–H groups in total. The van der Waals surface area contributed by atoms with Gasteiger partial charge < -0.3 is 9.88 Å². The summed E-state index contributed by atoms with van der Waals surface area (Å²) in [4.78, 5) is 15.2. The third-order valence-corrected chi connectivity index (χ3v) is 2.73. The van der Waals surface area contributed by atoms with Crippen molar-refractivity contribution in [2.75, 3.05) is 0 Å². The minimum Gasteiger partial charge on any atom is -0.352 e. The molecule has 0 saturated heterocycles. The average Bonchev–Trinajstić information content (AvgIpc) is 2.89. The minimum atomic E-state index is 0.0787. The van der Waals surface area contributed by atoms with Gasteiger partial charge in [-0.2, -0.15) is 0 Å². The van der Waals surface area contributed by atoms with Crippen LogP contribution in [-0.4, -0.2) is 15.5 Å². The summed E-state index contributed by atoms with van der Waals surface area (Å²) in [5.41, 5.74) is 2.32. The molecule has 1 amide bonds. The van der Waals surface area contributed by atoms with Crippen molar-refractivity contribution in [2.24, 2.45) is 0 Å². The van der Waals surface area contributed by atoms with Crippen molar-refractivity contribution in [1.29, 1.82) is 0 Å². The summed E-state index contributed by atoms with van der Waals surface area (Å²) in [5.74, 6) is 0.0787. The van der Waals surface area contributed by atoms with Gasteiger partial charge in [-0.3, -0.25) is 4.79 Å². The molecule has 0 bridgehead atoms. The van der Waals surface area contributed by atoms with E-state index in [1.807, 2.05) is 29.8 Å². The molecule has 0 aliphatic carbocycles. The third kappa shape index (κ3) is 3.45. The topological polar surface area (TPSA) is 46.9 Å². The molecule has 1 aromatic heterocycles. The number of aromatic nitrogens is 2. The van der Waals surface area contributed by atoms with E-state index in [0.29, 0.717) is 13.0 Å². The first-order valence-corrected chi connectivity index (χ1v) is 6.08. The molecule has 1 aromatic carbocycles. The molecule has 1 heterocycles. The second-order valence-corrected chi connectivity index (χ2v) is 4.19. The zero-order valence-electron chi connectivity index (χ0n) is 10.5. The zero-order valence-corrected chi connectivity index (χ0v) is 10.5. The number of rotatable bonds is 5. The second kappa shape index (κ2) is 6.00. The van der Waals surface area contributed by atoms with Crippen LogP contribution in [0.5, 0.6) is 0 Å². The van der Waals surface area contributed by atoms with E-state index in [1.54, 1.807) is 12.5 Å². The number of hydrogen-bond acceptors (Lipinski definition) is 2. The molecule has 4 nitrogen and oxygen atoms in total. The number of amides is 1. The highest BCUT2D eigenvalue weighted by atomic mass is 16.1. The molecule has 2 rings (SSSR count). The smallest absolute Gasteiger partial charge is 0.219 e. The fourth-order valence-corrected chi connectivity index (χ4v) is 1.75. The van der Waals surface area contributed by atoms with Gasteiger partial charge in [0, 0.05) is 31.9 Å². The highest BCUT2D eigenvalue weighted by Crippen LogP contribution is 2.07. The summed E-state index contributed by atoms with van der Waals surface area (Å²) in [7, 11) is 0. The Labute approximate surface area is 107 Å². The molecule has 94 valence electrons. The monoisotopic (exact) mass is 243 g/mol. The van der Waals surface area contributed by atoms with Crippen LogP contribution in [0.2, 0.25) is 0 Å². The predicted octanol–water partition coefficient (Wildman–Crippen LogP) is 1.96. The van der Waals surface area contributed by atoms with Crippen LogP contribution in [0.15, 0.2) is 43.0 Å². The lowest BCUT2D eigenvalue weighted by molar-refractivity contribution is -0.120. The third-order valence-electron chi connectivity index (χ3n) is 2.73.